The van der Waals surface area contributed by atoms with Crippen LogP contribution in [0.5, 0.6) is 0 Å². The molecule has 2 saturated heterocycles. The van der Waals surface area contributed by atoms with Gasteiger partial charge in [-0.25, -0.2) is 0 Å². The SMILES string of the molecule is CC.CCCN(CCC(C)C)C1CCNCC1.Cc1cc(Cl)c(N)c(C(F)(F)P)c1.O=CCNCN1CCC(Nc2[nH]ccc2CNC=C2CC2)CC1. The number of rotatable bonds is 16. The van der Waals surface area contributed by atoms with Crippen LogP contribution in [0.4, 0.5) is 20.3 Å². The predicted molar refractivity (Wildman–Crippen MR) is 225 cm³/mol. The number of aromatic nitrogens is 1. The van der Waals surface area contributed by atoms with Crippen molar-refractivity contribution < 1.29 is 13.6 Å². The van der Waals surface area contributed by atoms with E-state index in [0.29, 0.717) is 18.2 Å². The molecule has 1 aromatic carbocycles. The van der Waals surface area contributed by atoms with E-state index in [9.17, 15) is 13.6 Å². The first kappa shape index (κ1) is 46.9. The van der Waals surface area contributed by atoms with E-state index >= 15 is 0 Å². The monoisotopic (exact) mass is 783 g/mol. The number of aldehydes is 1. The number of nitrogens with one attached hydrogen (secondary N) is 5. The third-order valence-corrected chi connectivity index (χ3v) is 10.1. The van der Waals surface area contributed by atoms with Gasteiger partial charge in [0.1, 0.15) is 12.1 Å². The Labute approximate surface area is 326 Å². The van der Waals surface area contributed by atoms with Gasteiger partial charge in [0.05, 0.1) is 17.3 Å². The molecule has 5 rings (SSSR count). The molecule has 7 N–H and O–H groups in total. The number of aryl methyl sites for hydroxylation is 1. The Morgan fingerprint density at radius 2 is 1.81 bits per heavy atom. The Morgan fingerprint density at radius 3 is 2.40 bits per heavy atom. The van der Waals surface area contributed by atoms with E-state index in [1.807, 2.05) is 20.0 Å². The standard InChI is InChI=1S/C17H27N5O.C13H28N2.C8H9ClF2NP.C2H6/c23-10-7-18-13-22-8-4-16(5-9-22)21-17-15(3-6-20-17)12-19-11-14-1-2-14;1-4-10-15(11-7-12(2)3)13-5-8-14-9-6-13;1-4-2-5(8(10,11)13)7(12)6(9)3-4;1-2/h3,6,10-11,16,18-21H,1-2,4-5,7-9,12-13H2;12-14H,4-11H2,1-3H3;2-3H,12-13H2,1H3;1-2H3. The fourth-order valence-corrected chi connectivity index (χ4v) is 6.83. The molecule has 1 aromatic heterocycles. The number of nitrogen functional groups attached to an aromatic ring is 1. The van der Waals surface area contributed by atoms with Crippen LogP contribution >= 0.6 is 20.8 Å². The number of hydrogen-bond donors (Lipinski definition) is 6. The summed E-state index contributed by atoms with van der Waals surface area (Å²) in [5.41, 5.74) is 5.55. The van der Waals surface area contributed by atoms with Crippen LogP contribution in [0.15, 0.2) is 36.2 Å². The number of carbonyl (C=O) groups is 1. The number of halogens is 3. The van der Waals surface area contributed by atoms with Gasteiger partial charge in [0.15, 0.2) is 0 Å². The smallest absolute Gasteiger partial charge is 0.285 e. The highest BCUT2D eigenvalue weighted by Crippen LogP contribution is 2.41. The minimum atomic E-state index is -3.03. The van der Waals surface area contributed by atoms with Crippen molar-refractivity contribution >= 4 is 38.6 Å². The zero-order valence-electron chi connectivity index (χ0n) is 33.3. The molecule has 3 aliphatic rings. The minimum absolute atomic E-state index is 0.0627. The number of H-pyrrole nitrogens is 1. The van der Waals surface area contributed by atoms with Crippen molar-refractivity contribution in [2.45, 2.75) is 117 Å². The lowest BCUT2D eigenvalue weighted by molar-refractivity contribution is -0.107. The van der Waals surface area contributed by atoms with Crippen LogP contribution in [0.1, 0.15) is 103 Å². The molecule has 0 amide bonds. The summed E-state index contributed by atoms with van der Waals surface area (Å²) in [7, 11) is 1.44. The molecular formula is C40H70ClF2N8OP. The van der Waals surface area contributed by atoms with Gasteiger partial charge < -0.3 is 36.4 Å². The maximum Gasteiger partial charge on any atom is 0.285 e. The predicted octanol–water partition coefficient (Wildman–Crippen LogP) is 8.08. The molecule has 2 aliphatic heterocycles. The molecule has 1 aliphatic carbocycles. The Kier molecular flexibility index (Phi) is 22.8. The van der Waals surface area contributed by atoms with Gasteiger partial charge in [-0.15, -0.1) is 0 Å². The quantitative estimate of drug-likeness (QED) is 0.0439. The highest BCUT2D eigenvalue weighted by atomic mass is 35.5. The van der Waals surface area contributed by atoms with Gasteiger partial charge in [-0.3, -0.25) is 10.2 Å². The van der Waals surface area contributed by atoms with Gasteiger partial charge in [-0.2, -0.15) is 8.78 Å². The summed E-state index contributed by atoms with van der Waals surface area (Å²) >= 11 is 5.66. The van der Waals surface area contributed by atoms with Gasteiger partial charge in [0.2, 0.25) is 0 Å². The summed E-state index contributed by atoms with van der Waals surface area (Å²) in [6.07, 6.45) is 15.2. The third kappa shape index (κ3) is 18.8. The van der Waals surface area contributed by atoms with Crippen molar-refractivity contribution in [2.75, 3.05) is 63.5 Å². The molecule has 2 aromatic rings. The first-order chi connectivity index (χ1) is 25.4. The Morgan fingerprint density at radius 1 is 1.13 bits per heavy atom. The number of alkyl halides is 2. The normalized spacial score (nSPS) is 16.5. The summed E-state index contributed by atoms with van der Waals surface area (Å²) in [6.45, 7) is 21.9. The van der Waals surface area contributed by atoms with Crippen LogP contribution in [0, 0.1) is 12.8 Å². The van der Waals surface area contributed by atoms with E-state index in [1.165, 1.54) is 91.1 Å². The maximum atomic E-state index is 12.9. The number of carbonyl (C=O) groups excluding carboxylic acids is 1. The summed E-state index contributed by atoms with van der Waals surface area (Å²) in [4.78, 5) is 18.7. The number of anilines is 2. The van der Waals surface area contributed by atoms with Gasteiger partial charge in [0, 0.05) is 55.7 Å². The molecule has 0 bridgehead atoms. The fraction of sp³-hybridized carbons (Fsp3) is 0.675. The van der Waals surface area contributed by atoms with E-state index in [2.05, 4.69) is 69.1 Å². The lowest BCUT2D eigenvalue weighted by Gasteiger charge is -2.34. The highest BCUT2D eigenvalue weighted by Gasteiger charge is 2.28. The zero-order chi connectivity index (χ0) is 39.2. The van der Waals surface area contributed by atoms with Crippen LogP contribution in [0.2, 0.25) is 5.02 Å². The average Bonchev–Trinajstić information content (AvgIpc) is 3.87. The first-order valence-corrected chi connectivity index (χ1v) is 20.7. The largest absolute Gasteiger partial charge is 0.397 e. The second-order valence-electron chi connectivity index (χ2n) is 14.4. The Balaban J connectivity index is 0.000000283. The van der Waals surface area contributed by atoms with E-state index in [-0.39, 0.29) is 16.3 Å². The van der Waals surface area contributed by atoms with E-state index in [0.717, 1.165) is 63.2 Å². The molecule has 0 spiro atoms. The number of benzene rings is 1. The van der Waals surface area contributed by atoms with Crippen molar-refractivity contribution in [3.05, 3.63) is 57.9 Å². The third-order valence-electron chi connectivity index (χ3n) is 9.43. The number of aromatic amines is 1. The molecular weight excluding hydrogens is 713 g/mol. The lowest BCUT2D eigenvalue weighted by Crippen LogP contribution is -2.44. The van der Waals surface area contributed by atoms with Gasteiger partial charge in [-0.05, 0) is 120 Å². The summed E-state index contributed by atoms with van der Waals surface area (Å²) in [5.74, 6) is 1.98. The van der Waals surface area contributed by atoms with Gasteiger partial charge in [-0.1, -0.05) is 61.0 Å². The zero-order valence-corrected chi connectivity index (χ0v) is 35.2. The van der Waals surface area contributed by atoms with Gasteiger partial charge >= 0.3 is 0 Å². The van der Waals surface area contributed by atoms with Crippen molar-refractivity contribution in [2.24, 2.45) is 5.92 Å². The number of hydrogen-bond acceptors (Lipinski definition) is 8. The van der Waals surface area contributed by atoms with Crippen LogP contribution in [-0.4, -0.2) is 85.6 Å². The lowest BCUT2D eigenvalue weighted by atomic mass is 10.0. The number of nitrogens with zero attached hydrogens (tertiary/aromatic N) is 2. The summed E-state index contributed by atoms with van der Waals surface area (Å²) < 4.78 is 25.8. The minimum Gasteiger partial charge on any atom is -0.397 e. The number of piperidine rings is 2. The molecule has 1 atom stereocenters. The second-order valence-corrected chi connectivity index (χ2v) is 15.5. The molecule has 13 heteroatoms. The molecule has 3 fully saturated rings. The molecule has 3 heterocycles. The van der Waals surface area contributed by atoms with E-state index < -0.39 is 5.66 Å². The summed E-state index contributed by atoms with van der Waals surface area (Å²) in [5, 5.41) is 13.8. The number of nitrogens with two attached hydrogens (primary N) is 1. The first-order valence-electron chi connectivity index (χ1n) is 19.8. The highest BCUT2D eigenvalue weighted by molar-refractivity contribution is 7.17. The number of allylic oxidation sites excluding steroid dienone is 1. The molecule has 1 unspecified atom stereocenters. The van der Waals surface area contributed by atoms with Gasteiger partial charge in [0.25, 0.3) is 5.66 Å². The molecule has 9 nitrogen and oxygen atoms in total. The summed E-state index contributed by atoms with van der Waals surface area (Å²) in [6, 6.07) is 6.38. The van der Waals surface area contributed by atoms with Crippen LogP contribution < -0.4 is 27.0 Å². The fourth-order valence-electron chi connectivity index (χ4n) is 6.32. The molecule has 1 saturated carbocycles. The Hall–Kier alpha value is -2.27. The average molecular weight is 783 g/mol. The molecule has 53 heavy (non-hydrogen) atoms. The van der Waals surface area contributed by atoms with E-state index in [1.54, 1.807) is 13.0 Å². The van der Waals surface area contributed by atoms with Crippen molar-refractivity contribution in [3.8, 4) is 0 Å². The van der Waals surface area contributed by atoms with Crippen molar-refractivity contribution in [1.29, 1.82) is 0 Å². The second kappa shape index (κ2) is 25.7. The van der Waals surface area contributed by atoms with Crippen molar-refractivity contribution in [3.63, 3.8) is 0 Å². The van der Waals surface area contributed by atoms with Crippen molar-refractivity contribution in [1.82, 2.24) is 30.7 Å². The maximum absolute atomic E-state index is 12.9. The van der Waals surface area contributed by atoms with Crippen LogP contribution in [-0.2, 0) is 17.0 Å². The topological polar surface area (TPSA) is 113 Å². The molecule has 0 radical (unpaired) electrons. The molecule has 302 valence electrons. The number of likely N-dealkylation sites (tertiary alicyclic amines) is 1. The van der Waals surface area contributed by atoms with Crippen LogP contribution in [0.3, 0.4) is 0 Å². The van der Waals surface area contributed by atoms with E-state index in [4.69, 9.17) is 17.3 Å². The van der Waals surface area contributed by atoms with Crippen LogP contribution in [0.25, 0.3) is 0 Å². The Bertz CT molecular complexity index is 1320.